The van der Waals surface area contributed by atoms with Crippen molar-refractivity contribution < 1.29 is 18.0 Å². The first kappa shape index (κ1) is 14.7. The van der Waals surface area contributed by atoms with Gasteiger partial charge in [-0.05, 0) is 18.2 Å². The predicted molar refractivity (Wildman–Crippen MR) is 73.8 cm³/mol. The van der Waals surface area contributed by atoms with Gasteiger partial charge in [-0.1, -0.05) is 0 Å². The summed E-state index contributed by atoms with van der Waals surface area (Å²) in [6, 6.07) is 5.43. The van der Waals surface area contributed by atoms with Gasteiger partial charge < -0.3 is 16.4 Å². The first-order chi connectivity index (χ1) is 9.92. The summed E-state index contributed by atoms with van der Waals surface area (Å²) in [5, 5.41) is 4.99. The van der Waals surface area contributed by atoms with Crippen LogP contribution in [0.15, 0.2) is 30.3 Å². The summed E-state index contributed by atoms with van der Waals surface area (Å²) >= 11 is 0. The van der Waals surface area contributed by atoms with E-state index < -0.39 is 17.5 Å². The Balaban J connectivity index is 2.32. The van der Waals surface area contributed by atoms with E-state index in [1.165, 1.54) is 25.2 Å². The number of carbonyl (C=O) groups is 1. The van der Waals surface area contributed by atoms with Crippen LogP contribution in [0.1, 0.15) is 10.4 Å². The van der Waals surface area contributed by atoms with E-state index in [-0.39, 0.29) is 23.0 Å². The van der Waals surface area contributed by atoms with Gasteiger partial charge in [0.25, 0.3) is 5.91 Å². The van der Waals surface area contributed by atoms with Crippen LogP contribution >= 0.6 is 0 Å². The number of halogens is 3. The third-order valence-corrected chi connectivity index (χ3v) is 2.82. The average molecular weight is 295 g/mol. The lowest BCUT2D eigenvalue weighted by Crippen LogP contribution is -2.18. The molecule has 0 saturated carbocycles. The quantitative estimate of drug-likeness (QED) is 0.602. The fourth-order valence-electron chi connectivity index (χ4n) is 1.73. The summed E-state index contributed by atoms with van der Waals surface area (Å²) in [5.74, 6) is -3.74. The Morgan fingerprint density at radius 3 is 2.29 bits per heavy atom. The Hall–Kier alpha value is -2.70. The lowest BCUT2D eigenvalue weighted by Gasteiger charge is -2.11. The highest BCUT2D eigenvalue weighted by Gasteiger charge is 2.12. The van der Waals surface area contributed by atoms with Crippen LogP contribution in [-0.2, 0) is 0 Å². The summed E-state index contributed by atoms with van der Waals surface area (Å²) in [4.78, 5) is 11.4. The Bertz CT molecular complexity index is 704. The molecule has 0 aliphatic heterocycles. The molecule has 0 aliphatic carbocycles. The molecule has 2 aromatic carbocycles. The Kier molecular flexibility index (Phi) is 4.02. The van der Waals surface area contributed by atoms with Crippen LogP contribution in [0.4, 0.5) is 30.2 Å². The van der Waals surface area contributed by atoms with Gasteiger partial charge in [0, 0.05) is 24.7 Å². The van der Waals surface area contributed by atoms with Crippen LogP contribution in [0.3, 0.4) is 0 Å². The Labute approximate surface area is 118 Å². The highest BCUT2D eigenvalue weighted by Crippen LogP contribution is 2.27. The molecule has 7 heteroatoms. The highest BCUT2D eigenvalue weighted by atomic mass is 19.2. The van der Waals surface area contributed by atoms with Gasteiger partial charge in [-0.25, -0.2) is 13.2 Å². The number of nitrogens with two attached hydrogens (primary N) is 1. The molecule has 21 heavy (non-hydrogen) atoms. The third-order valence-electron chi connectivity index (χ3n) is 2.82. The number of hydrogen-bond donors (Lipinski definition) is 3. The zero-order valence-corrected chi connectivity index (χ0v) is 11.0. The number of benzene rings is 2. The van der Waals surface area contributed by atoms with Crippen molar-refractivity contribution in [2.24, 2.45) is 0 Å². The van der Waals surface area contributed by atoms with E-state index >= 15 is 0 Å². The number of hydrogen-bond acceptors (Lipinski definition) is 3. The molecule has 0 atom stereocenters. The molecule has 0 aliphatic rings. The predicted octanol–water partition coefficient (Wildman–Crippen LogP) is 2.79. The zero-order valence-electron chi connectivity index (χ0n) is 11.0. The van der Waals surface area contributed by atoms with Gasteiger partial charge in [-0.3, -0.25) is 4.79 Å². The maximum Gasteiger partial charge on any atom is 0.251 e. The van der Waals surface area contributed by atoms with Crippen LogP contribution in [-0.4, -0.2) is 13.0 Å². The lowest BCUT2D eigenvalue weighted by atomic mass is 10.1. The molecule has 0 fully saturated rings. The third kappa shape index (κ3) is 3.07. The monoisotopic (exact) mass is 295 g/mol. The molecule has 0 unspecified atom stereocenters. The van der Waals surface area contributed by atoms with Crippen molar-refractivity contribution in [2.45, 2.75) is 0 Å². The lowest BCUT2D eigenvalue weighted by molar-refractivity contribution is 0.0963. The van der Waals surface area contributed by atoms with Crippen molar-refractivity contribution >= 4 is 23.0 Å². The van der Waals surface area contributed by atoms with Crippen LogP contribution in [0.2, 0.25) is 0 Å². The molecule has 0 heterocycles. The van der Waals surface area contributed by atoms with E-state index in [9.17, 15) is 18.0 Å². The van der Waals surface area contributed by atoms with E-state index in [2.05, 4.69) is 10.6 Å². The second-order valence-corrected chi connectivity index (χ2v) is 4.25. The second-order valence-electron chi connectivity index (χ2n) is 4.25. The summed E-state index contributed by atoms with van der Waals surface area (Å²) in [6.07, 6.45) is 0. The minimum Gasteiger partial charge on any atom is -0.397 e. The van der Waals surface area contributed by atoms with Gasteiger partial charge in [0.2, 0.25) is 0 Å². The number of rotatable bonds is 3. The molecule has 2 aromatic rings. The summed E-state index contributed by atoms with van der Waals surface area (Å²) in [5.41, 5.74) is 6.25. The van der Waals surface area contributed by atoms with Gasteiger partial charge in [0.1, 0.15) is 5.82 Å². The smallest absolute Gasteiger partial charge is 0.251 e. The molecule has 1 amide bonds. The minimum atomic E-state index is -1.28. The molecule has 0 radical (unpaired) electrons. The molecule has 110 valence electrons. The van der Waals surface area contributed by atoms with Gasteiger partial charge in [-0.2, -0.15) is 0 Å². The van der Waals surface area contributed by atoms with E-state index in [0.717, 1.165) is 0 Å². The van der Waals surface area contributed by atoms with Gasteiger partial charge in [-0.15, -0.1) is 0 Å². The van der Waals surface area contributed by atoms with Gasteiger partial charge in [0.05, 0.1) is 17.1 Å². The van der Waals surface area contributed by atoms with Crippen molar-refractivity contribution in [3.63, 3.8) is 0 Å². The van der Waals surface area contributed by atoms with Crippen LogP contribution < -0.4 is 16.4 Å². The molecule has 0 bridgehead atoms. The average Bonchev–Trinajstić information content (AvgIpc) is 2.45. The second kappa shape index (κ2) is 5.74. The van der Waals surface area contributed by atoms with E-state index in [0.29, 0.717) is 17.7 Å². The molecular weight excluding hydrogens is 283 g/mol. The van der Waals surface area contributed by atoms with Crippen molar-refractivity contribution in [2.75, 3.05) is 18.1 Å². The SMILES string of the molecule is CNC(=O)c1ccc(Nc2cc(F)c(F)cc2F)c(N)c1. The highest BCUT2D eigenvalue weighted by molar-refractivity contribution is 5.96. The molecule has 2 rings (SSSR count). The largest absolute Gasteiger partial charge is 0.397 e. The first-order valence-corrected chi connectivity index (χ1v) is 5.95. The summed E-state index contributed by atoms with van der Waals surface area (Å²) in [6.45, 7) is 0. The van der Waals surface area contributed by atoms with Crippen molar-refractivity contribution in [1.29, 1.82) is 0 Å². The Morgan fingerprint density at radius 2 is 1.67 bits per heavy atom. The summed E-state index contributed by atoms with van der Waals surface area (Å²) < 4.78 is 39.5. The normalized spacial score (nSPS) is 10.3. The number of carbonyl (C=O) groups excluding carboxylic acids is 1. The van der Waals surface area contributed by atoms with Gasteiger partial charge in [0.15, 0.2) is 11.6 Å². The molecule has 4 N–H and O–H groups in total. The van der Waals surface area contributed by atoms with Crippen molar-refractivity contribution in [3.8, 4) is 0 Å². The Morgan fingerprint density at radius 1 is 1.00 bits per heavy atom. The maximum absolute atomic E-state index is 13.5. The first-order valence-electron chi connectivity index (χ1n) is 5.95. The standard InChI is InChI=1S/C14H12F3N3O/c1-19-14(21)7-2-3-12(11(18)4-7)20-13-6-9(16)8(15)5-10(13)17/h2-6,20H,18H2,1H3,(H,19,21). The molecule has 4 nitrogen and oxygen atoms in total. The molecule has 0 aromatic heterocycles. The van der Waals surface area contributed by atoms with E-state index in [1.54, 1.807) is 0 Å². The topological polar surface area (TPSA) is 67.2 Å². The fraction of sp³-hybridized carbons (Fsp3) is 0.0714. The number of amides is 1. The molecular formula is C14H12F3N3O. The maximum atomic E-state index is 13.5. The minimum absolute atomic E-state index is 0.167. The number of nitrogen functional groups attached to an aromatic ring is 1. The van der Waals surface area contributed by atoms with Gasteiger partial charge >= 0.3 is 0 Å². The van der Waals surface area contributed by atoms with Crippen LogP contribution in [0.25, 0.3) is 0 Å². The van der Waals surface area contributed by atoms with Crippen LogP contribution in [0, 0.1) is 17.5 Å². The fourth-order valence-corrected chi connectivity index (χ4v) is 1.73. The molecule has 0 saturated heterocycles. The van der Waals surface area contributed by atoms with E-state index in [4.69, 9.17) is 5.73 Å². The number of nitrogens with one attached hydrogen (secondary N) is 2. The zero-order chi connectivity index (χ0) is 15.6. The van der Waals surface area contributed by atoms with Crippen molar-refractivity contribution in [1.82, 2.24) is 5.32 Å². The van der Waals surface area contributed by atoms with Crippen molar-refractivity contribution in [3.05, 3.63) is 53.3 Å². The summed E-state index contributed by atoms with van der Waals surface area (Å²) in [7, 11) is 1.47. The van der Waals surface area contributed by atoms with E-state index in [1.807, 2.05) is 0 Å². The number of anilines is 3. The molecule has 0 spiro atoms. The van der Waals surface area contributed by atoms with Crippen LogP contribution in [0.5, 0.6) is 0 Å².